The molecule has 0 aliphatic heterocycles. The predicted octanol–water partition coefficient (Wildman–Crippen LogP) is 6.82. The minimum absolute atomic E-state index is 0.199. The normalized spacial score (nSPS) is 11.2. The highest BCUT2D eigenvalue weighted by molar-refractivity contribution is 6.35. The Morgan fingerprint density at radius 1 is 1.19 bits per heavy atom. The van der Waals surface area contributed by atoms with Crippen molar-refractivity contribution in [1.82, 2.24) is 4.57 Å². The van der Waals surface area contributed by atoms with Gasteiger partial charge in [0.25, 0.3) is 5.91 Å². The summed E-state index contributed by atoms with van der Waals surface area (Å²) in [5.74, 6) is 0.220. The Bertz CT molecular complexity index is 1010. The van der Waals surface area contributed by atoms with E-state index < -0.39 is 0 Å². The summed E-state index contributed by atoms with van der Waals surface area (Å²) in [6, 6.07) is 11.4. The zero-order valence-corrected chi connectivity index (χ0v) is 17.2. The average molecular weight is 401 g/mol. The van der Waals surface area contributed by atoms with E-state index in [2.05, 4.69) is 43.9 Å². The SMILES string of the molecule is C=CCn1c(C(=O)Nc2cc(Cl)cc(Cl)c2)c(C)c2cc(C(C)C)ccc21. The van der Waals surface area contributed by atoms with Gasteiger partial charge in [0.2, 0.25) is 0 Å². The smallest absolute Gasteiger partial charge is 0.272 e. The highest BCUT2D eigenvalue weighted by atomic mass is 35.5. The fraction of sp³-hybridized carbons (Fsp3) is 0.227. The van der Waals surface area contributed by atoms with E-state index in [9.17, 15) is 4.79 Å². The molecule has 1 heterocycles. The fourth-order valence-electron chi connectivity index (χ4n) is 3.33. The van der Waals surface area contributed by atoms with Crippen LogP contribution in [-0.4, -0.2) is 10.5 Å². The van der Waals surface area contributed by atoms with Gasteiger partial charge in [-0.1, -0.05) is 49.2 Å². The molecule has 5 heteroatoms. The maximum absolute atomic E-state index is 13.1. The standard InChI is InChI=1S/C22H22Cl2N2O/c1-5-8-26-20-7-6-15(13(2)3)9-19(20)14(4)21(26)22(27)25-18-11-16(23)10-17(24)12-18/h5-7,9-13H,1,8H2,2-4H3,(H,25,27). The largest absolute Gasteiger partial charge is 0.332 e. The number of benzene rings is 2. The Hall–Kier alpha value is -2.23. The molecule has 3 rings (SSSR count). The Morgan fingerprint density at radius 2 is 1.85 bits per heavy atom. The second kappa shape index (κ2) is 7.79. The molecule has 3 nitrogen and oxygen atoms in total. The summed E-state index contributed by atoms with van der Waals surface area (Å²) in [6.45, 7) is 10.7. The molecule has 0 unspecified atom stereocenters. The van der Waals surface area contributed by atoms with Gasteiger partial charge in [0.1, 0.15) is 5.69 Å². The lowest BCUT2D eigenvalue weighted by Crippen LogP contribution is -2.18. The Morgan fingerprint density at radius 3 is 2.44 bits per heavy atom. The van der Waals surface area contributed by atoms with Crippen molar-refractivity contribution >= 4 is 45.7 Å². The van der Waals surface area contributed by atoms with Crippen LogP contribution in [0.1, 0.15) is 41.4 Å². The van der Waals surface area contributed by atoms with Crippen molar-refractivity contribution in [3.63, 3.8) is 0 Å². The number of halogens is 2. The molecule has 140 valence electrons. The number of hydrogen-bond acceptors (Lipinski definition) is 1. The summed E-state index contributed by atoms with van der Waals surface area (Å²) in [5, 5.41) is 4.95. The van der Waals surface area contributed by atoms with E-state index in [1.165, 1.54) is 5.56 Å². The number of carbonyl (C=O) groups excluding carboxylic acids is 1. The first-order valence-electron chi connectivity index (χ1n) is 8.83. The Balaban J connectivity index is 2.11. The maximum atomic E-state index is 13.1. The molecular weight excluding hydrogens is 379 g/mol. The molecule has 0 aliphatic carbocycles. The lowest BCUT2D eigenvalue weighted by molar-refractivity contribution is 0.101. The Labute approximate surface area is 169 Å². The molecule has 27 heavy (non-hydrogen) atoms. The summed E-state index contributed by atoms with van der Waals surface area (Å²) in [5.41, 5.74) is 4.39. The van der Waals surface area contributed by atoms with Gasteiger partial charge in [0, 0.05) is 33.2 Å². The fourth-order valence-corrected chi connectivity index (χ4v) is 3.85. The topological polar surface area (TPSA) is 34.0 Å². The van der Waals surface area contributed by atoms with Gasteiger partial charge in [-0.25, -0.2) is 0 Å². The van der Waals surface area contributed by atoms with Crippen molar-refractivity contribution in [3.05, 3.63) is 75.9 Å². The van der Waals surface area contributed by atoms with Crippen molar-refractivity contribution in [2.75, 3.05) is 5.32 Å². The molecule has 1 aromatic heterocycles. The van der Waals surface area contributed by atoms with Gasteiger partial charge in [-0.2, -0.15) is 0 Å². The lowest BCUT2D eigenvalue weighted by Gasteiger charge is -2.11. The van der Waals surface area contributed by atoms with E-state index in [0.717, 1.165) is 16.5 Å². The minimum Gasteiger partial charge on any atom is -0.332 e. The predicted molar refractivity (Wildman–Crippen MR) is 115 cm³/mol. The molecule has 0 radical (unpaired) electrons. The molecular formula is C22H22Cl2N2O. The Kier molecular flexibility index (Phi) is 5.64. The van der Waals surface area contributed by atoms with E-state index in [-0.39, 0.29) is 5.91 Å². The highest BCUT2D eigenvalue weighted by Crippen LogP contribution is 2.30. The van der Waals surface area contributed by atoms with Gasteiger partial charge in [0.05, 0.1) is 0 Å². The zero-order chi connectivity index (χ0) is 19.7. The number of anilines is 1. The van der Waals surface area contributed by atoms with Crippen molar-refractivity contribution < 1.29 is 4.79 Å². The molecule has 0 saturated carbocycles. The van der Waals surface area contributed by atoms with Crippen LogP contribution in [0.25, 0.3) is 10.9 Å². The molecule has 0 saturated heterocycles. The van der Waals surface area contributed by atoms with Crippen LogP contribution in [0.15, 0.2) is 49.1 Å². The molecule has 0 bridgehead atoms. The highest BCUT2D eigenvalue weighted by Gasteiger charge is 2.20. The second-order valence-corrected chi connectivity index (χ2v) is 7.79. The number of hydrogen-bond donors (Lipinski definition) is 1. The zero-order valence-electron chi connectivity index (χ0n) is 15.6. The number of aryl methyl sites for hydroxylation is 1. The summed E-state index contributed by atoms with van der Waals surface area (Å²) >= 11 is 12.1. The van der Waals surface area contributed by atoms with Gasteiger partial charge in [-0.3, -0.25) is 4.79 Å². The molecule has 0 fully saturated rings. The third-order valence-electron chi connectivity index (χ3n) is 4.65. The summed E-state index contributed by atoms with van der Waals surface area (Å²) < 4.78 is 1.99. The molecule has 0 aliphatic rings. The molecule has 0 atom stereocenters. The number of allylic oxidation sites excluding steroid dienone is 1. The monoisotopic (exact) mass is 400 g/mol. The first kappa shape index (κ1) is 19.5. The van der Waals surface area contributed by atoms with Crippen LogP contribution < -0.4 is 5.32 Å². The van der Waals surface area contributed by atoms with Gasteiger partial charge >= 0.3 is 0 Å². The number of aromatic nitrogens is 1. The third kappa shape index (κ3) is 3.90. The number of nitrogens with one attached hydrogen (secondary N) is 1. The van der Waals surface area contributed by atoms with Crippen LogP contribution in [0.2, 0.25) is 10.0 Å². The molecule has 3 aromatic rings. The lowest BCUT2D eigenvalue weighted by atomic mass is 10.0. The van der Waals surface area contributed by atoms with E-state index in [1.807, 2.05) is 11.5 Å². The van der Waals surface area contributed by atoms with Gasteiger partial charge in [0.15, 0.2) is 0 Å². The molecule has 0 spiro atoms. The first-order chi connectivity index (χ1) is 12.8. The summed E-state index contributed by atoms with van der Waals surface area (Å²) in [7, 11) is 0. The van der Waals surface area contributed by atoms with Crippen LogP contribution in [0.4, 0.5) is 5.69 Å². The number of fused-ring (bicyclic) bond motifs is 1. The van der Waals surface area contributed by atoms with Gasteiger partial charge < -0.3 is 9.88 Å². The average Bonchev–Trinajstić information content (AvgIpc) is 2.86. The van der Waals surface area contributed by atoms with Crippen molar-refractivity contribution in [2.45, 2.75) is 33.2 Å². The van der Waals surface area contributed by atoms with Crippen LogP contribution in [-0.2, 0) is 6.54 Å². The van der Waals surface area contributed by atoms with Crippen LogP contribution in [0.3, 0.4) is 0 Å². The number of carbonyl (C=O) groups is 1. The number of rotatable bonds is 5. The molecule has 1 amide bonds. The molecule has 1 N–H and O–H groups in total. The third-order valence-corrected chi connectivity index (χ3v) is 5.09. The number of nitrogens with zero attached hydrogens (tertiary/aromatic N) is 1. The van der Waals surface area contributed by atoms with E-state index in [4.69, 9.17) is 23.2 Å². The summed E-state index contributed by atoms with van der Waals surface area (Å²) in [6.07, 6.45) is 1.79. The van der Waals surface area contributed by atoms with Gasteiger partial charge in [-0.15, -0.1) is 6.58 Å². The van der Waals surface area contributed by atoms with Crippen LogP contribution in [0, 0.1) is 6.92 Å². The minimum atomic E-state index is -0.199. The number of amides is 1. The van der Waals surface area contributed by atoms with E-state index >= 15 is 0 Å². The second-order valence-electron chi connectivity index (χ2n) is 6.92. The van der Waals surface area contributed by atoms with Crippen molar-refractivity contribution in [3.8, 4) is 0 Å². The van der Waals surface area contributed by atoms with Gasteiger partial charge in [-0.05, 0) is 54.3 Å². The first-order valence-corrected chi connectivity index (χ1v) is 9.58. The van der Waals surface area contributed by atoms with E-state index in [1.54, 1.807) is 24.3 Å². The molecule has 2 aromatic carbocycles. The van der Waals surface area contributed by atoms with Crippen molar-refractivity contribution in [1.29, 1.82) is 0 Å². The maximum Gasteiger partial charge on any atom is 0.272 e. The van der Waals surface area contributed by atoms with Crippen molar-refractivity contribution in [2.24, 2.45) is 0 Å². The van der Waals surface area contributed by atoms with Crippen LogP contribution in [0.5, 0.6) is 0 Å². The quantitative estimate of drug-likeness (QED) is 0.468. The summed E-state index contributed by atoms with van der Waals surface area (Å²) in [4.78, 5) is 13.1. The van der Waals surface area contributed by atoms with Crippen LogP contribution >= 0.6 is 23.2 Å². The van der Waals surface area contributed by atoms with E-state index in [0.29, 0.717) is 33.9 Å².